The average Bonchev–Trinajstić information content (AvgIpc) is 3.16. The molecular weight excluding hydrogens is 280 g/mol. The van der Waals surface area contributed by atoms with Crippen LogP contribution in [0, 0.1) is 0 Å². The molecule has 22 heavy (non-hydrogen) atoms. The first kappa shape index (κ1) is 15.1. The van der Waals surface area contributed by atoms with Crippen LogP contribution in [0.5, 0.6) is 5.88 Å². The Hall–Kier alpha value is -1.82. The van der Waals surface area contributed by atoms with E-state index in [2.05, 4.69) is 27.5 Å². The van der Waals surface area contributed by atoms with Crippen LogP contribution < -0.4 is 15.4 Å². The van der Waals surface area contributed by atoms with Gasteiger partial charge in [0.25, 0.3) is 0 Å². The van der Waals surface area contributed by atoms with Crippen LogP contribution in [0.4, 0.5) is 0 Å². The summed E-state index contributed by atoms with van der Waals surface area (Å²) in [6, 6.07) is 6.09. The highest BCUT2D eigenvalue weighted by Gasteiger charge is 2.41. The molecular formula is C16H24N4O2. The predicted molar refractivity (Wildman–Crippen MR) is 85.0 cm³/mol. The van der Waals surface area contributed by atoms with Gasteiger partial charge in [-0.15, -0.1) is 0 Å². The van der Waals surface area contributed by atoms with Gasteiger partial charge in [0, 0.05) is 12.6 Å². The fourth-order valence-corrected chi connectivity index (χ4v) is 3.10. The Morgan fingerprint density at radius 3 is 3.05 bits per heavy atom. The van der Waals surface area contributed by atoms with Gasteiger partial charge in [0.1, 0.15) is 0 Å². The van der Waals surface area contributed by atoms with Crippen LogP contribution in [0.3, 0.4) is 0 Å². The highest BCUT2D eigenvalue weighted by atomic mass is 16.5. The van der Waals surface area contributed by atoms with E-state index in [1.54, 1.807) is 7.11 Å². The van der Waals surface area contributed by atoms with Crippen LogP contribution in [0.25, 0.3) is 0 Å². The van der Waals surface area contributed by atoms with Gasteiger partial charge in [0.15, 0.2) is 5.96 Å². The topological polar surface area (TPSA) is 67.8 Å². The van der Waals surface area contributed by atoms with Gasteiger partial charge in [-0.25, -0.2) is 9.98 Å². The average molecular weight is 304 g/mol. The second kappa shape index (κ2) is 6.96. The Morgan fingerprint density at radius 1 is 1.45 bits per heavy atom. The molecule has 2 bridgehead atoms. The number of hydrogen-bond donors (Lipinski definition) is 2. The van der Waals surface area contributed by atoms with Crippen LogP contribution in [0.15, 0.2) is 23.2 Å². The molecule has 3 rings (SSSR count). The number of aromatic nitrogens is 1. The van der Waals surface area contributed by atoms with Gasteiger partial charge in [-0.3, -0.25) is 0 Å². The molecule has 120 valence electrons. The van der Waals surface area contributed by atoms with Crippen molar-refractivity contribution in [2.75, 3.05) is 13.7 Å². The molecule has 1 aromatic rings. The van der Waals surface area contributed by atoms with Crippen LogP contribution in [-0.4, -0.2) is 42.8 Å². The maximum atomic E-state index is 5.88. The Bertz CT molecular complexity index is 535. The van der Waals surface area contributed by atoms with Crippen molar-refractivity contribution >= 4 is 5.96 Å². The SMILES string of the molecule is CCNC(=NCc1cccc(OC)n1)NC1CC2CCC1O2. The fourth-order valence-electron chi connectivity index (χ4n) is 3.10. The van der Waals surface area contributed by atoms with E-state index in [9.17, 15) is 0 Å². The van der Waals surface area contributed by atoms with Crippen molar-refractivity contribution in [1.82, 2.24) is 15.6 Å². The molecule has 3 atom stereocenters. The molecule has 1 aromatic heterocycles. The molecule has 0 spiro atoms. The number of aliphatic imine (C=N–C) groups is 1. The lowest BCUT2D eigenvalue weighted by Crippen LogP contribution is -2.47. The molecule has 2 fully saturated rings. The molecule has 2 aliphatic rings. The second-order valence-corrected chi connectivity index (χ2v) is 5.73. The van der Waals surface area contributed by atoms with Crippen molar-refractivity contribution in [2.45, 2.75) is 51.0 Å². The molecule has 0 radical (unpaired) electrons. The molecule has 0 aromatic carbocycles. The number of ether oxygens (including phenoxy) is 2. The Morgan fingerprint density at radius 2 is 2.36 bits per heavy atom. The first-order valence-electron chi connectivity index (χ1n) is 7.98. The van der Waals surface area contributed by atoms with Gasteiger partial charge >= 0.3 is 0 Å². The molecule has 3 heterocycles. The Kier molecular flexibility index (Phi) is 4.77. The summed E-state index contributed by atoms with van der Waals surface area (Å²) in [6.07, 6.45) is 4.20. The third kappa shape index (κ3) is 3.50. The quantitative estimate of drug-likeness (QED) is 0.637. The number of hydrogen-bond acceptors (Lipinski definition) is 4. The summed E-state index contributed by atoms with van der Waals surface area (Å²) in [7, 11) is 1.62. The van der Waals surface area contributed by atoms with Crippen LogP contribution >= 0.6 is 0 Å². The summed E-state index contributed by atoms with van der Waals surface area (Å²) in [5.41, 5.74) is 0.890. The standard InChI is InChI=1S/C16H24N4O2/c1-3-17-16(20-13-9-12-7-8-14(13)22-12)18-10-11-5-4-6-15(19-11)21-2/h4-6,12-14H,3,7-10H2,1-2H3,(H2,17,18,20). The molecule has 0 aliphatic carbocycles. The second-order valence-electron chi connectivity index (χ2n) is 5.73. The van der Waals surface area contributed by atoms with Gasteiger partial charge < -0.3 is 20.1 Å². The van der Waals surface area contributed by atoms with Gasteiger partial charge in [0.2, 0.25) is 5.88 Å². The molecule has 0 saturated carbocycles. The first-order valence-corrected chi connectivity index (χ1v) is 7.98. The molecule has 0 amide bonds. The number of rotatable bonds is 5. The maximum absolute atomic E-state index is 5.88. The summed E-state index contributed by atoms with van der Waals surface area (Å²) >= 11 is 0. The molecule has 2 N–H and O–H groups in total. The Labute approximate surface area is 131 Å². The van der Waals surface area contributed by atoms with Crippen molar-refractivity contribution in [3.05, 3.63) is 23.9 Å². The van der Waals surface area contributed by atoms with Gasteiger partial charge in [0.05, 0.1) is 37.6 Å². The van der Waals surface area contributed by atoms with Crippen molar-refractivity contribution < 1.29 is 9.47 Å². The maximum Gasteiger partial charge on any atom is 0.213 e. The normalized spacial score (nSPS) is 27.0. The van der Waals surface area contributed by atoms with E-state index in [-0.39, 0.29) is 0 Å². The minimum atomic E-state index is 0.337. The van der Waals surface area contributed by atoms with E-state index in [0.29, 0.717) is 30.7 Å². The lowest BCUT2D eigenvalue weighted by atomic mass is 9.96. The largest absolute Gasteiger partial charge is 0.481 e. The van der Waals surface area contributed by atoms with Gasteiger partial charge in [-0.05, 0) is 32.3 Å². The van der Waals surface area contributed by atoms with E-state index in [1.165, 1.54) is 6.42 Å². The summed E-state index contributed by atoms with van der Waals surface area (Å²) in [5, 5.41) is 6.79. The van der Waals surface area contributed by atoms with Crippen molar-refractivity contribution in [3.8, 4) is 5.88 Å². The van der Waals surface area contributed by atoms with E-state index in [0.717, 1.165) is 31.0 Å². The smallest absolute Gasteiger partial charge is 0.213 e. The molecule has 2 saturated heterocycles. The van der Waals surface area contributed by atoms with E-state index in [4.69, 9.17) is 9.47 Å². The highest BCUT2D eigenvalue weighted by Crippen LogP contribution is 2.34. The number of pyridine rings is 1. The predicted octanol–water partition coefficient (Wildman–Crippen LogP) is 1.47. The number of nitrogens with zero attached hydrogens (tertiary/aromatic N) is 2. The number of guanidine groups is 1. The third-order valence-corrected chi connectivity index (χ3v) is 4.16. The summed E-state index contributed by atoms with van der Waals surface area (Å²) < 4.78 is 11.0. The van der Waals surface area contributed by atoms with Crippen molar-refractivity contribution in [1.29, 1.82) is 0 Å². The number of nitrogens with one attached hydrogen (secondary N) is 2. The summed E-state index contributed by atoms with van der Waals surface area (Å²) in [6.45, 7) is 3.42. The van der Waals surface area contributed by atoms with Crippen molar-refractivity contribution in [3.63, 3.8) is 0 Å². The van der Waals surface area contributed by atoms with Crippen LogP contribution in [-0.2, 0) is 11.3 Å². The molecule has 3 unspecified atom stereocenters. The zero-order valence-electron chi connectivity index (χ0n) is 13.2. The minimum Gasteiger partial charge on any atom is -0.481 e. The van der Waals surface area contributed by atoms with Crippen LogP contribution in [0.1, 0.15) is 31.9 Å². The minimum absolute atomic E-state index is 0.337. The van der Waals surface area contributed by atoms with E-state index >= 15 is 0 Å². The monoisotopic (exact) mass is 304 g/mol. The third-order valence-electron chi connectivity index (χ3n) is 4.16. The molecule has 6 heteroatoms. The summed E-state index contributed by atoms with van der Waals surface area (Å²) in [4.78, 5) is 9.01. The number of methoxy groups -OCH3 is 1. The summed E-state index contributed by atoms with van der Waals surface area (Å²) in [5.74, 6) is 1.44. The first-order chi connectivity index (χ1) is 10.8. The zero-order chi connectivity index (χ0) is 15.4. The van der Waals surface area contributed by atoms with Crippen LogP contribution in [0.2, 0.25) is 0 Å². The molecule has 6 nitrogen and oxygen atoms in total. The van der Waals surface area contributed by atoms with E-state index < -0.39 is 0 Å². The van der Waals surface area contributed by atoms with Crippen molar-refractivity contribution in [2.24, 2.45) is 4.99 Å². The van der Waals surface area contributed by atoms with E-state index in [1.807, 2.05) is 18.2 Å². The molecule has 2 aliphatic heterocycles. The highest BCUT2D eigenvalue weighted by molar-refractivity contribution is 5.80. The lowest BCUT2D eigenvalue weighted by molar-refractivity contribution is 0.0992. The van der Waals surface area contributed by atoms with Gasteiger partial charge in [-0.2, -0.15) is 0 Å². The lowest BCUT2D eigenvalue weighted by Gasteiger charge is -2.22. The van der Waals surface area contributed by atoms with Gasteiger partial charge in [-0.1, -0.05) is 6.07 Å². The fraction of sp³-hybridized carbons (Fsp3) is 0.625. The zero-order valence-corrected chi connectivity index (χ0v) is 13.2. The Balaban J connectivity index is 1.62. The number of fused-ring (bicyclic) bond motifs is 2.